The van der Waals surface area contributed by atoms with Gasteiger partial charge in [-0.3, -0.25) is 14.2 Å². The van der Waals surface area contributed by atoms with Crippen LogP contribution in [0.15, 0.2) is 50.8 Å². The molecule has 0 bridgehead atoms. The van der Waals surface area contributed by atoms with E-state index in [1.807, 2.05) is 6.92 Å². The molecule has 0 aliphatic heterocycles. The second-order valence-electron chi connectivity index (χ2n) is 5.57. The van der Waals surface area contributed by atoms with E-state index in [0.29, 0.717) is 22.6 Å². The molecule has 3 rings (SSSR count). The Morgan fingerprint density at radius 2 is 2.11 bits per heavy atom. The average molecular weight is 471 g/mol. The third-order valence-electron chi connectivity index (χ3n) is 3.73. The van der Waals surface area contributed by atoms with Gasteiger partial charge in [-0.25, -0.2) is 9.37 Å². The van der Waals surface area contributed by atoms with Gasteiger partial charge in [0, 0.05) is 16.0 Å². The van der Waals surface area contributed by atoms with E-state index in [0.717, 1.165) is 22.3 Å². The molecule has 0 atom stereocenters. The molecular formula is C18H14BrClFN3O2S. The van der Waals surface area contributed by atoms with Gasteiger partial charge in [-0.2, -0.15) is 0 Å². The summed E-state index contributed by atoms with van der Waals surface area (Å²) in [5.41, 5.74) is 0.434. The molecule has 0 unspecified atom stereocenters. The molecule has 0 aliphatic rings. The van der Waals surface area contributed by atoms with Crippen molar-refractivity contribution in [3.05, 3.63) is 62.1 Å². The number of thioether (sulfide) groups is 1. The monoisotopic (exact) mass is 469 g/mol. The van der Waals surface area contributed by atoms with Crippen LogP contribution in [-0.4, -0.2) is 21.2 Å². The third kappa shape index (κ3) is 4.51. The Labute approximate surface area is 172 Å². The summed E-state index contributed by atoms with van der Waals surface area (Å²) < 4.78 is 16.1. The third-order valence-corrected chi connectivity index (χ3v) is 5.44. The molecule has 0 saturated carbocycles. The number of anilines is 1. The van der Waals surface area contributed by atoms with Crippen LogP contribution in [0.1, 0.15) is 6.92 Å². The maximum Gasteiger partial charge on any atom is 0.262 e. The number of rotatable bonds is 5. The standard InChI is InChI=1S/C18H14BrClFN3O2S/c1-2-24-17(26)12-7-10(19)3-5-14(12)23-18(24)27-9-16(25)22-15-6-4-11(20)8-13(15)21/h3-8H,2,9H2,1H3,(H,22,25). The van der Waals surface area contributed by atoms with Gasteiger partial charge < -0.3 is 5.32 Å². The van der Waals surface area contributed by atoms with Crippen molar-refractivity contribution in [2.24, 2.45) is 0 Å². The number of carbonyl (C=O) groups is 1. The highest BCUT2D eigenvalue weighted by Gasteiger charge is 2.14. The lowest BCUT2D eigenvalue weighted by Crippen LogP contribution is -2.23. The number of fused-ring (bicyclic) bond motifs is 1. The number of hydrogen-bond acceptors (Lipinski definition) is 4. The van der Waals surface area contributed by atoms with Gasteiger partial charge in [0.2, 0.25) is 5.91 Å². The van der Waals surface area contributed by atoms with Gasteiger partial charge in [-0.15, -0.1) is 0 Å². The molecule has 9 heteroatoms. The molecule has 3 aromatic rings. The van der Waals surface area contributed by atoms with Crippen molar-refractivity contribution in [1.29, 1.82) is 0 Å². The van der Waals surface area contributed by atoms with Crippen LogP contribution >= 0.6 is 39.3 Å². The Bertz CT molecular complexity index is 1090. The fourth-order valence-corrected chi connectivity index (χ4v) is 3.85. The maximum absolute atomic E-state index is 13.8. The zero-order valence-electron chi connectivity index (χ0n) is 14.1. The molecule has 0 spiro atoms. The summed E-state index contributed by atoms with van der Waals surface area (Å²) in [5, 5.41) is 3.68. The van der Waals surface area contributed by atoms with E-state index in [2.05, 4.69) is 26.2 Å². The number of carbonyl (C=O) groups excluding carboxylic acids is 1. The van der Waals surface area contributed by atoms with Gasteiger partial charge in [0.05, 0.1) is 22.3 Å². The Hall–Kier alpha value is -1.90. The van der Waals surface area contributed by atoms with Gasteiger partial charge in [0.1, 0.15) is 5.82 Å². The van der Waals surface area contributed by atoms with Gasteiger partial charge in [-0.05, 0) is 43.3 Å². The van der Waals surface area contributed by atoms with Crippen molar-refractivity contribution in [3.63, 3.8) is 0 Å². The highest BCUT2D eigenvalue weighted by atomic mass is 79.9. The molecule has 0 radical (unpaired) electrons. The summed E-state index contributed by atoms with van der Waals surface area (Å²) in [5.74, 6) is -1.04. The SMILES string of the molecule is CCn1c(SCC(=O)Nc2ccc(Cl)cc2F)nc2ccc(Br)cc2c1=O. The van der Waals surface area contributed by atoms with Gasteiger partial charge in [0.15, 0.2) is 5.16 Å². The van der Waals surface area contributed by atoms with Crippen molar-refractivity contribution in [1.82, 2.24) is 9.55 Å². The summed E-state index contributed by atoms with van der Waals surface area (Å²) in [4.78, 5) is 29.3. The lowest BCUT2D eigenvalue weighted by Gasteiger charge is -2.11. The first-order valence-electron chi connectivity index (χ1n) is 7.97. The smallest absolute Gasteiger partial charge is 0.262 e. The van der Waals surface area contributed by atoms with Crippen molar-refractivity contribution < 1.29 is 9.18 Å². The normalized spacial score (nSPS) is 11.0. The zero-order chi connectivity index (χ0) is 19.6. The first kappa shape index (κ1) is 19.9. The fraction of sp³-hybridized carbons (Fsp3) is 0.167. The van der Waals surface area contributed by atoms with Crippen LogP contribution < -0.4 is 10.9 Å². The number of aromatic nitrogens is 2. The minimum atomic E-state index is -0.610. The zero-order valence-corrected chi connectivity index (χ0v) is 17.3. The molecule has 2 aromatic carbocycles. The summed E-state index contributed by atoms with van der Waals surface area (Å²) in [7, 11) is 0. The Morgan fingerprint density at radius 1 is 1.33 bits per heavy atom. The number of nitrogens with one attached hydrogen (secondary N) is 1. The Balaban J connectivity index is 1.81. The largest absolute Gasteiger partial charge is 0.323 e. The van der Waals surface area contributed by atoms with Crippen LogP contribution in [0.25, 0.3) is 10.9 Å². The second kappa shape index (κ2) is 8.41. The fourth-order valence-electron chi connectivity index (χ4n) is 2.47. The average Bonchev–Trinajstić information content (AvgIpc) is 2.63. The quantitative estimate of drug-likeness (QED) is 0.434. The molecule has 1 amide bonds. The number of nitrogens with zero attached hydrogens (tertiary/aromatic N) is 2. The minimum Gasteiger partial charge on any atom is -0.323 e. The number of halogens is 3. The lowest BCUT2D eigenvalue weighted by molar-refractivity contribution is -0.113. The van der Waals surface area contributed by atoms with E-state index in [1.54, 1.807) is 18.2 Å². The molecule has 5 nitrogen and oxygen atoms in total. The second-order valence-corrected chi connectivity index (χ2v) is 7.86. The van der Waals surface area contributed by atoms with Crippen LogP contribution in [0.4, 0.5) is 10.1 Å². The molecular weight excluding hydrogens is 457 g/mol. The topological polar surface area (TPSA) is 64.0 Å². The molecule has 1 heterocycles. The van der Waals surface area contributed by atoms with Crippen molar-refractivity contribution in [3.8, 4) is 0 Å². The molecule has 27 heavy (non-hydrogen) atoms. The van der Waals surface area contributed by atoms with Gasteiger partial charge in [0.25, 0.3) is 5.56 Å². The Kier molecular flexibility index (Phi) is 6.18. The highest BCUT2D eigenvalue weighted by Crippen LogP contribution is 2.22. The van der Waals surface area contributed by atoms with Crippen molar-refractivity contribution >= 4 is 61.8 Å². The molecule has 140 valence electrons. The number of amides is 1. The van der Waals surface area contributed by atoms with E-state index in [4.69, 9.17) is 11.6 Å². The highest BCUT2D eigenvalue weighted by molar-refractivity contribution is 9.10. The molecule has 0 aliphatic carbocycles. The summed E-state index contributed by atoms with van der Waals surface area (Å²) in [6, 6.07) is 9.28. The van der Waals surface area contributed by atoms with Crippen LogP contribution in [0.3, 0.4) is 0 Å². The molecule has 1 aromatic heterocycles. The van der Waals surface area contributed by atoms with Crippen molar-refractivity contribution in [2.75, 3.05) is 11.1 Å². The summed E-state index contributed by atoms with van der Waals surface area (Å²) in [6.45, 7) is 2.25. The van der Waals surface area contributed by atoms with E-state index >= 15 is 0 Å². The molecule has 1 N–H and O–H groups in total. The van der Waals surface area contributed by atoms with Crippen LogP contribution in [0.5, 0.6) is 0 Å². The van der Waals surface area contributed by atoms with E-state index in [-0.39, 0.29) is 22.0 Å². The first-order chi connectivity index (χ1) is 12.9. The molecule has 0 saturated heterocycles. The van der Waals surface area contributed by atoms with E-state index < -0.39 is 11.7 Å². The van der Waals surface area contributed by atoms with Gasteiger partial charge >= 0.3 is 0 Å². The predicted octanol–water partition coefficient (Wildman–Crippen LogP) is 4.70. The van der Waals surface area contributed by atoms with Gasteiger partial charge in [-0.1, -0.05) is 39.3 Å². The predicted molar refractivity (Wildman–Crippen MR) is 110 cm³/mol. The lowest BCUT2D eigenvalue weighted by atomic mass is 10.2. The van der Waals surface area contributed by atoms with Crippen LogP contribution in [0, 0.1) is 5.82 Å². The Morgan fingerprint density at radius 3 is 2.81 bits per heavy atom. The van der Waals surface area contributed by atoms with Crippen LogP contribution in [-0.2, 0) is 11.3 Å². The number of benzene rings is 2. The van der Waals surface area contributed by atoms with Crippen molar-refractivity contribution in [2.45, 2.75) is 18.6 Å². The summed E-state index contributed by atoms with van der Waals surface area (Å²) in [6.07, 6.45) is 0. The maximum atomic E-state index is 13.8. The minimum absolute atomic E-state index is 0.0173. The summed E-state index contributed by atoms with van der Waals surface area (Å²) >= 11 is 10.2. The first-order valence-corrected chi connectivity index (χ1v) is 10.1. The van der Waals surface area contributed by atoms with E-state index in [9.17, 15) is 14.0 Å². The molecule has 0 fully saturated rings. The van der Waals surface area contributed by atoms with Crippen LogP contribution in [0.2, 0.25) is 5.02 Å². The van der Waals surface area contributed by atoms with E-state index in [1.165, 1.54) is 16.7 Å². The number of hydrogen-bond donors (Lipinski definition) is 1.